The lowest BCUT2D eigenvalue weighted by Gasteiger charge is -2.33. The quantitative estimate of drug-likeness (QED) is 0.637. The van der Waals surface area contributed by atoms with Crippen LogP contribution in [0.2, 0.25) is 0 Å². The number of hydrogen-bond acceptors (Lipinski definition) is 5. The van der Waals surface area contributed by atoms with E-state index in [2.05, 4.69) is 5.48 Å². The zero-order valence-electron chi connectivity index (χ0n) is 17.3. The lowest BCUT2D eigenvalue weighted by atomic mass is 10.0. The largest absolute Gasteiger partial charge is 0.465 e. The van der Waals surface area contributed by atoms with Crippen LogP contribution < -0.4 is 5.48 Å². The molecule has 0 aliphatic carbocycles. The Balaban J connectivity index is 1.27. The highest BCUT2D eigenvalue weighted by Gasteiger charge is 2.48. The monoisotopic (exact) mass is 432 g/mol. The van der Waals surface area contributed by atoms with E-state index in [1.807, 2.05) is 30.3 Å². The van der Waals surface area contributed by atoms with Crippen molar-refractivity contribution in [2.45, 2.75) is 56.8 Å². The van der Waals surface area contributed by atoms with E-state index in [0.717, 1.165) is 18.4 Å². The molecule has 168 valence electrons. The number of hydroxylamine groups is 3. The third-order valence-corrected chi connectivity index (χ3v) is 6.16. The van der Waals surface area contributed by atoms with Crippen molar-refractivity contribution in [3.8, 4) is 0 Å². The zero-order chi connectivity index (χ0) is 21.8. The Bertz CT molecular complexity index is 806. The fourth-order valence-electron chi connectivity index (χ4n) is 4.49. The highest BCUT2D eigenvalue weighted by atomic mass is 16.7. The molecule has 3 fully saturated rings. The first-order valence-corrected chi connectivity index (χ1v) is 10.7. The summed E-state index contributed by atoms with van der Waals surface area (Å²) in [6, 6.07) is 8.30. The number of urea groups is 1. The molecule has 3 aliphatic heterocycles. The van der Waals surface area contributed by atoms with E-state index in [9.17, 15) is 19.5 Å². The number of nitrogens with zero attached hydrogens (tertiary/aromatic N) is 3. The molecule has 4 amide bonds. The number of hydrogen-bond donors (Lipinski definition) is 2. The van der Waals surface area contributed by atoms with E-state index >= 15 is 0 Å². The molecule has 4 rings (SSSR count). The molecule has 0 aromatic heterocycles. The van der Waals surface area contributed by atoms with Crippen LogP contribution in [0, 0.1) is 0 Å². The molecule has 3 aliphatic rings. The molecule has 0 spiro atoms. The Hall–Kier alpha value is -2.85. The van der Waals surface area contributed by atoms with Gasteiger partial charge >= 0.3 is 12.1 Å². The Morgan fingerprint density at radius 1 is 1.13 bits per heavy atom. The average molecular weight is 432 g/mol. The summed E-state index contributed by atoms with van der Waals surface area (Å²) in [6.07, 6.45) is 2.66. The number of carbonyl (C=O) groups is 3. The van der Waals surface area contributed by atoms with Gasteiger partial charge in [0.05, 0.1) is 18.7 Å². The van der Waals surface area contributed by atoms with E-state index in [0.29, 0.717) is 39.0 Å². The minimum absolute atomic E-state index is 0.0763. The standard InChI is InChI=1S/C21H28N4O6/c26-19(22-30-14-17-8-4-5-11-23(17)21(28)29)18-10-9-16-12-24(18)20(27)25(16)31-13-15-6-2-1-3-7-15/h1-3,6-7,16-18H,4-5,8-14H2,(H,22,26)(H,28,29)/t16-,17+,18+/m1/s1. The Kier molecular flexibility index (Phi) is 6.57. The molecule has 0 radical (unpaired) electrons. The van der Waals surface area contributed by atoms with Gasteiger partial charge in [-0.1, -0.05) is 30.3 Å². The van der Waals surface area contributed by atoms with Crippen LogP contribution in [0.25, 0.3) is 0 Å². The Labute approximate surface area is 180 Å². The van der Waals surface area contributed by atoms with Gasteiger partial charge in [-0.3, -0.25) is 14.5 Å². The van der Waals surface area contributed by atoms with E-state index in [-0.39, 0.29) is 24.7 Å². The molecule has 3 heterocycles. The van der Waals surface area contributed by atoms with E-state index < -0.39 is 18.0 Å². The van der Waals surface area contributed by atoms with Gasteiger partial charge in [-0.2, -0.15) is 5.06 Å². The molecular weight excluding hydrogens is 404 g/mol. The minimum atomic E-state index is -0.976. The van der Waals surface area contributed by atoms with Gasteiger partial charge in [-0.25, -0.2) is 15.1 Å². The van der Waals surface area contributed by atoms with Crippen LogP contribution in [0.1, 0.15) is 37.7 Å². The molecule has 0 unspecified atom stereocenters. The van der Waals surface area contributed by atoms with Crippen molar-refractivity contribution < 1.29 is 29.2 Å². The minimum Gasteiger partial charge on any atom is -0.465 e. The van der Waals surface area contributed by atoms with Crippen molar-refractivity contribution in [2.75, 3.05) is 19.7 Å². The van der Waals surface area contributed by atoms with E-state index in [1.165, 1.54) is 14.9 Å². The van der Waals surface area contributed by atoms with Gasteiger partial charge in [0, 0.05) is 13.1 Å². The van der Waals surface area contributed by atoms with Crippen LogP contribution in [0.4, 0.5) is 9.59 Å². The molecule has 2 N–H and O–H groups in total. The second-order valence-electron chi connectivity index (χ2n) is 8.17. The van der Waals surface area contributed by atoms with Crippen LogP contribution in [0.5, 0.6) is 0 Å². The van der Waals surface area contributed by atoms with Crippen LogP contribution in [0.3, 0.4) is 0 Å². The van der Waals surface area contributed by atoms with Crippen LogP contribution in [0.15, 0.2) is 30.3 Å². The fraction of sp³-hybridized carbons (Fsp3) is 0.571. The Morgan fingerprint density at radius 3 is 2.71 bits per heavy atom. The highest BCUT2D eigenvalue weighted by molar-refractivity contribution is 5.88. The number of piperidine rings is 2. The van der Waals surface area contributed by atoms with Gasteiger partial charge in [-0.05, 0) is 37.7 Å². The van der Waals surface area contributed by atoms with Crippen molar-refractivity contribution in [2.24, 2.45) is 0 Å². The van der Waals surface area contributed by atoms with Crippen molar-refractivity contribution >= 4 is 18.0 Å². The normalized spacial score (nSPS) is 25.6. The van der Waals surface area contributed by atoms with Gasteiger partial charge in [0.25, 0.3) is 5.91 Å². The number of carbonyl (C=O) groups excluding carboxylic acids is 2. The first kappa shape index (κ1) is 21.4. The summed E-state index contributed by atoms with van der Waals surface area (Å²) in [6.45, 7) is 1.29. The molecular formula is C21H28N4O6. The topological polar surface area (TPSA) is 112 Å². The van der Waals surface area contributed by atoms with E-state index in [1.54, 1.807) is 0 Å². The lowest BCUT2D eigenvalue weighted by molar-refractivity contribution is -0.141. The molecule has 1 aromatic carbocycles. The van der Waals surface area contributed by atoms with Crippen molar-refractivity contribution in [1.82, 2.24) is 20.3 Å². The highest BCUT2D eigenvalue weighted by Crippen LogP contribution is 2.30. The van der Waals surface area contributed by atoms with E-state index in [4.69, 9.17) is 9.68 Å². The van der Waals surface area contributed by atoms with Gasteiger partial charge < -0.3 is 14.9 Å². The summed E-state index contributed by atoms with van der Waals surface area (Å²) in [4.78, 5) is 50.8. The summed E-state index contributed by atoms with van der Waals surface area (Å²) in [5.74, 6) is -0.394. The zero-order valence-corrected chi connectivity index (χ0v) is 17.3. The first-order chi connectivity index (χ1) is 15.0. The Morgan fingerprint density at radius 2 is 1.94 bits per heavy atom. The molecule has 10 heteroatoms. The third kappa shape index (κ3) is 4.75. The van der Waals surface area contributed by atoms with Crippen molar-refractivity contribution in [1.29, 1.82) is 0 Å². The molecule has 2 bridgehead atoms. The van der Waals surface area contributed by atoms with Crippen molar-refractivity contribution in [3.63, 3.8) is 0 Å². The second kappa shape index (κ2) is 9.52. The van der Waals surface area contributed by atoms with Gasteiger partial charge in [0.15, 0.2) is 0 Å². The number of rotatable bonds is 7. The maximum atomic E-state index is 12.8. The number of likely N-dealkylation sites (tertiary alicyclic amines) is 1. The molecule has 10 nitrogen and oxygen atoms in total. The maximum Gasteiger partial charge on any atom is 0.407 e. The second-order valence-corrected chi connectivity index (χ2v) is 8.17. The van der Waals surface area contributed by atoms with Gasteiger partial charge in [0.2, 0.25) is 0 Å². The molecule has 3 saturated heterocycles. The fourth-order valence-corrected chi connectivity index (χ4v) is 4.49. The number of fused-ring (bicyclic) bond motifs is 2. The van der Waals surface area contributed by atoms with Crippen LogP contribution in [-0.4, -0.2) is 75.8 Å². The first-order valence-electron chi connectivity index (χ1n) is 10.7. The lowest BCUT2D eigenvalue weighted by Crippen LogP contribution is -2.51. The third-order valence-electron chi connectivity index (χ3n) is 6.16. The van der Waals surface area contributed by atoms with Crippen LogP contribution in [-0.2, 0) is 21.1 Å². The summed E-state index contributed by atoms with van der Waals surface area (Å²) in [5, 5.41) is 10.7. The number of amides is 4. The SMILES string of the molecule is O=C(NOC[C@@H]1CCCCN1C(=O)O)[C@@H]1CC[C@@H]2CN1C(=O)N2OCc1ccccc1. The van der Waals surface area contributed by atoms with Crippen LogP contribution >= 0.6 is 0 Å². The number of nitrogens with one attached hydrogen (secondary N) is 1. The predicted molar refractivity (Wildman–Crippen MR) is 108 cm³/mol. The average Bonchev–Trinajstić information content (AvgIpc) is 3.02. The molecule has 0 saturated carbocycles. The van der Waals surface area contributed by atoms with Gasteiger partial charge in [-0.15, -0.1) is 0 Å². The smallest absolute Gasteiger partial charge is 0.407 e. The maximum absolute atomic E-state index is 12.8. The number of benzene rings is 1. The summed E-state index contributed by atoms with van der Waals surface area (Å²) in [7, 11) is 0. The number of carboxylic acid groups (broad SMARTS) is 1. The summed E-state index contributed by atoms with van der Waals surface area (Å²) >= 11 is 0. The molecule has 3 atom stereocenters. The molecule has 1 aromatic rings. The van der Waals surface area contributed by atoms with Gasteiger partial charge in [0.1, 0.15) is 12.6 Å². The summed E-state index contributed by atoms with van der Waals surface area (Å²) in [5.41, 5.74) is 3.39. The van der Waals surface area contributed by atoms with Crippen molar-refractivity contribution in [3.05, 3.63) is 35.9 Å². The predicted octanol–water partition coefficient (Wildman–Crippen LogP) is 1.97. The molecule has 31 heavy (non-hydrogen) atoms. The summed E-state index contributed by atoms with van der Waals surface area (Å²) < 4.78 is 0.